The lowest BCUT2D eigenvalue weighted by Crippen LogP contribution is -2.13. The minimum atomic E-state index is -0.360. The van der Waals surface area contributed by atoms with Crippen LogP contribution >= 0.6 is 23.1 Å². The average Bonchev–Trinajstić information content (AvgIpc) is 2.83. The Bertz CT molecular complexity index is 525. The number of thiazole rings is 1. The zero-order valence-corrected chi connectivity index (χ0v) is 10.8. The van der Waals surface area contributed by atoms with Crippen molar-refractivity contribution in [1.29, 1.82) is 0 Å². The Balaban J connectivity index is 2.52. The third-order valence-electron chi connectivity index (χ3n) is 2.31. The summed E-state index contributed by atoms with van der Waals surface area (Å²) in [4.78, 5) is 18.9. The molecule has 2 rings (SSSR count). The van der Waals surface area contributed by atoms with Gasteiger partial charge < -0.3 is 0 Å². The summed E-state index contributed by atoms with van der Waals surface area (Å²) in [6.45, 7) is 2.01. The molecule has 0 aliphatic rings. The van der Waals surface area contributed by atoms with Gasteiger partial charge in [0.1, 0.15) is 5.69 Å². The SMILES string of the molecule is CCc1nc(C(=O)NCl)c(-c2ccccc2)s1. The Kier molecular flexibility index (Phi) is 3.76. The topological polar surface area (TPSA) is 42.0 Å². The van der Waals surface area contributed by atoms with Crippen molar-refractivity contribution in [3.8, 4) is 10.4 Å². The van der Waals surface area contributed by atoms with Gasteiger partial charge in [0.25, 0.3) is 5.91 Å². The molecule has 3 nitrogen and oxygen atoms in total. The Labute approximate surface area is 109 Å². The summed E-state index contributed by atoms with van der Waals surface area (Å²) in [6, 6.07) is 9.72. The van der Waals surface area contributed by atoms with Gasteiger partial charge >= 0.3 is 0 Å². The first-order valence-electron chi connectivity index (χ1n) is 5.22. The van der Waals surface area contributed by atoms with E-state index >= 15 is 0 Å². The number of carbonyl (C=O) groups excluding carboxylic acids is 1. The van der Waals surface area contributed by atoms with E-state index < -0.39 is 0 Å². The van der Waals surface area contributed by atoms with Gasteiger partial charge in [-0.1, -0.05) is 37.3 Å². The van der Waals surface area contributed by atoms with Gasteiger partial charge in [-0.15, -0.1) is 11.3 Å². The van der Waals surface area contributed by atoms with Crippen LogP contribution in [0.1, 0.15) is 22.4 Å². The number of aryl methyl sites for hydroxylation is 1. The molecule has 0 aliphatic heterocycles. The first-order valence-corrected chi connectivity index (χ1v) is 6.41. The summed E-state index contributed by atoms with van der Waals surface area (Å²) in [5, 5.41) is 0.930. The monoisotopic (exact) mass is 266 g/mol. The molecule has 1 N–H and O–H groups in total. The molecule has 1 amide bonds. The summed E-state index contributed by atoms with van der Waals surface area (Å²) < 4.78 is 0. The Morgan fingerprint density at radius 3 is 2.71 bits per heavy atom. The molecule has 0 bridgehead atoms. The third kappa shape index (κ3) is 2.48. The molecule has 0 aliphatic carbocycles. The van der Waals surface area contributed by atoms with Crippen LogP contribution in [0.25, 0.3) is 10.4 Å². The lowest BCUT2D eigenvalue weighted by atomic mass is 10.1. The number of rotatable bonds is 3. The molecule has 0 fully saturated rings. The molecule has 2 aromatic rings. The second-order valence-electron chi connectivity index (χ2n) is 3.43. The van der Waals surface area contributed by atoms with Gasteiger partial charge in [-0.3, -0.25) is 9.63 Å². The van der Waals surface area contributed by atoms with E-state index in [2.05, 4.69) is 9.82 Å². The largest absolute Gasteiger partial charge is 0.285 e. The van der Waals surface area contributed by atoms with Crippen molar-refractivity contribution >= 4 is 29.0 Å². The van der Waals surface area contributed by atoms with Crippen LogP contribution in [-0.2, 0) is 6.42 Å². The van der Waals surface area contributed by atoms with E-state index in [0.717, 1.165) is 21.9 Å². The van der Waals surface area contributed by atoms with Crippen LogP contribution in [0.15, 0.2) is 30.3 Å². The number of hydrogen-bond acceptors (Lipinski definition) is 3. The average molecular weight is 267 g/mol. The smallest absolute Gasteiger partial charge is 0.266 e. The first kappa shape index (κ1) is 12.1. The molecule has 0 atom stereocenters. The molecule has 0 spiro atoms. The number of nitrogens with zero attached hydrogens (tertiary/aromatic N) is 1. The van der Waals surface area contributed by atoms with Crippen molar-refractivity contribution in [3.05, 3.63) is 41.0 Å². The molecule has 1 aromatic carbocycles. The number of nitrogens with one attached hydrogen (secondary N) is 1. The third-order valence-corrected chi connectivity index (χ3v) is 3.73. The lowest BCUT2D eigenvalue weighted by molar-refractivity contribution is 0.0978. The van der Waals surface area contributed by atoms with Crippen molar-refractivity contribution < 1.29 is 4.79 Å². The maximum atomic E-state index is 11.6. The van der Waals surface area contributed by atoms with E-state index in [-0.39, 0.29) is 5.91 Å². The van der Waals surface area contributed by atoms with Crippen LogP contribution < -0.4 is 4.84 Å². The van der Waals surface area contributed by atoms with Gasteiger partial charge in [0, 0.05) is 11.8 Å². The second kappa shape index (κ2) is 5.29. The highest BCUT2D eigenvalue weighted by atomic mass is 35.5. The van der Waals surface area contributed by atoms with Gasteiger partial charge in [-0.2, -0.15) is 0 Å². The molecule has 5 heteroatoms. The van der Waals surface area contributed by atoms with E-state index in [1.807, 2.05) is 37.3 Å². The standard InChI is InChI=1S/C12H11ClN2OS/c1-2-9-14-10(12(16)15-13)11(17-9)8-6-4-3-5-7-8/h3-7H,2H2,1H3,(H,15,16). The highest BCUT2D eigenvalue weighted by Crippen LogP contribution is 2.30. The minimum absolute atomic E-state index is 0.360. The summed E-state index contributed by atoms with van der Waals surface area (Å²) in [7, 11) is 0. The summed E-state index contributed by atoms with van der Waals surface area (Å²) in [6.07, 6.45) is 0.806. The maximum Gasteiger partial charge on any atom is 0.285 e. The van der Waals surface area contributed by atoms with Crippen molar-refractivity contribution in [2.24, 2.45) is 0 Å². The number of amides is 1. The van der Waals surface area contributed by atoms with Crippen LogP contribution in [0.3, 0.4) is 0 Å². The fraction of sp³-hybridized carbons (Fsp3) is 0.167. The molecular formula is C12H11ClN2OS. The lowest BCUT2D eigenvalue weighted by Gasteiger charge is -1.99. The van der Waals surface area contributed by atoms with E-state index in [1.165, 1.54) is 11.3 Å². The van der Waals surface area contributed by atoms with Crippen molar-refractivity contribution in [3.63, 3.8) is 0 Å². The number of aromatic nitrogens is 1. The Morgan fingerprint density at radius 2 is 2.12 bits per heavy atom. The fourth-order valence-electron chi connectivity index (χ4n) is 1.50. The zero-order chi connectivity index (χ0) is 12.3. The molecule has 1 aromatic heterocycles. The molecule has 0 saturated carbocycles. The molecular weight excluding hydrogens is 256 g/mol. The van der Waals surface area contributed by atoms with Crippen LogP contribution in [-0.4, -0.2) is 10.9 Å². The highest BCUT2D eigenvalue weighted by Gasteiger charge is 2.18. The molecule has 17 heavy (non-hydrogen) atoms. The summed E-state index contributed by atoms with van der Waals surface area (Å²) in [5.74, 6) is -0.360. The van der Waals surface area contributed by atoms with E-state index in [0.29, 0.717) is 5.69 Å². The first-order chi connectivity index (χ1) is 8.26. The number of carbonyl (C=O) groups is 1. The van der Waals surface area contributed by atoms with Gasteiger partial charge in [0.15, 0.2) is 0 Å². The molecule has 0 unspecified atom stereocenters. The van der Waals surface area contributed by atoms with Crippen LogP contribution in [0.5, 0.6) is 0 Å². The fourth-order valence-corrected chi connectivity index (χ4v) is 2.59. The van der Waals surface area contributed by atoms with E-state index in [4.69, 9.17) is 11.8 Å². The summed E-state index contributed by atoms with van der Waals surface area (Å²) in [5.41, 5.74) is 1.38. The Hall–Kier alpha value is -1.39. The van der Waals surface area contributed by atoms with Gasteiger partial charge in [0.05, 0.1) is 9.88 Å². The minimum Gasteiger partial charge on any atom is -0.266 e. The van der Waals surface area contributed by atoms with Gasteiger partial charge in [-0.05, 0) is 12.0 Å². The van der Waals surface area contributed by atoms with Crippen LogP contribution in [0, 0.1) is 0 Å². The Morgan fingerprint density at radius 1 is 1.41 bits per heavy atom. The van der Waals surface area contributed by atoms with Crippen molar-refractivity contribution in [2.75, 3.05) is 0 Å². The molecule has 1 heterocycles. The number of hydrogen-bond donors (Lipinski definition) is 1. The van der Waals surface area contributed by atoms with Crippen LogP contribution in [0.4, 0.5) is 0 Å². The molecule has 88 valence electrons. The second-order valence-corrected chi connectivity index (χ2v) is 4.70. The van der Waals surface area contributed by atoms with Gasteiger partial charge in [0.2, 0.25) is 0 Å². The zero-order valence-electron chi connectivity index (χ0n) is 9.24. The normalized spacial score (nSPS) is 10.2. The molecule has 0 saturated heterocycles. The quantitative estimate of drug-likeness (QED) is 0.867. The van der Waals surface area contributed by atoms with Crippen molar-refractivity contribution in [2.45, 2.75) is 13.3 Å². The highest BCUT2D eigenvalue weighted by molar-refractivity contribution is 7.15. The van der Waals surface area contributed by atoms with Crippen LogP contribution in [0.2, 0.25) is 0 Å². The van der Waals surface area contributed by atoms with Gasteiger partial charge in [-0.25, -0.2) is 4.98 Å². The number of benzene rings is 1. The van der Waals surface area contributed by atoms with E-state index in [9.17, 15) is 4.79 Å². The van der Waals surface area contributed by atoms with E-state index in [1.54, 1.807) is 0 Å². The predicted octanol–water partition coefficient (Wildman–Crippen LogP) is 3.26. The summed E-state index contributed by atoms with van der Waals surface area (Å²) >= 11 is 6.89. The maximum absolute atomic E-state index is 11.6. The molecule has 0 radical (unpaired) electrons. The number of halogens is 1. The predicted molar refractivity (Wildman–Crippen MR) is 70.2 cm³/mol. The van der Waals surface area contributed by atoms with Crippen molar-refractivity contribution in [1.82, 2.24) is 9.82 Å².